The van der Waals surface area contributed by atoms with E-state index in [-0.39, 0.29) is 6.17 Å². The predicted octanol–water partition coefficient (Wildman–Crippen LogP) is 11.0. The Bertz CT molecular complexity index is 2180. The molecule has 5 aromatic rings. The first kappa shape index (κ1) is 33.5. The first-order valence-corrected chi connectivity index (χ1v) is 22.3. The maximum absolute atomic E-state index is 7.52. The Labute approximate surface area is 326 Å². The van der Waals surface area contributed by atoms with Crippen molar-refractivity contribution >= 4 is 27.6 Å². The maximum Gasteiger partial charge on any atom is 0.135 e. The van der Waals surface area contributed by atoms with Gasteiger partial charge in [0, 0.05) is 40.5 Å². The standard InChI is InChI=1S/C50H57N3O2/c1-2-11-30(12-3-1)50-51-41-17-7-4-15-38(41)48(52-50)33-21-24-36-37-16-10-19-44(49(37)55-47(36)29-33)53-42-18-8-5-13-34(42)39-27-31(22-25-43(39)53)32-23-26-46-40(28-32)35-14-6-9-20-45(35)54-46/h1-3,5-6,8-9,11-14,18,20,23,26,28,31,33,36-39,41,43-44,47-52H,4,7,10,15-17,19,21-22,24-25,27,29H2. The number of nitrogens with one attached hydrogen (secondary N) is 2. The Kier molecular flexibility index (Phi) is 8.22. The Morgan fingerprint density at radius 1 is 0.582 bits per heavy atom. The molecule has 4 heterocycles. The second kappa shape index (κ2) is 13.5. The molecule has 13 atom stereocenters. The molecule has 0 spiro atoms. The summed E-state index contributed by atoms with van der Waals surface area (Å²) >= 11 is 0. The second-order valence-electron chi connectivity index (χ2n) is 18.8. The number of fused-ring (bicyclic) bond motifs is 10. The quantitative estimate of drug-likeness (QED) is 0.193. The number of anilines is 1. The molecule has 2 saturated heterocycles. The minimum Gasteiger partial charge on any atom is -0.456 e. The van der Waals surface area contributed by atoms with Gasteiger partial charge < -0.3 is 14.1 Å². The van der Waals surface area contributed by atoms with Crippen molar-refractivity contribution in [2.75, 3.05) is 4.90 Å². The van der Waals surface area contributed by atoms with Crippen molar-refractivity contribution in [1.82, 2.24) is 10.6 Å². The molecular formula is C50H57N3O2. The van der Waals surface area contributed by atoms with Crippen LogP contribution < -0.4 is 15.5 Å². The molecule has 6 fully saturated rings. The highest BCUT2D eigenvalue weighted by atomic mass is 16.5. The van der Waals surface area contributed by atoms with Crippen LogP contribution in [0.15, 0.2) is 101 Å². The molecule has 55 heavy (non-hydrogen) atoms. The van der Waals surface area contributed by atoms with Gasteiger partial charge in [0.2, 0.25) is 0 Å². The van der Waals surface area contributed by atoms with Crippen molar-refractivity contribution in [1.29, 1.82) is 0 Å². The molecule has 3 aliphatic heterocycles. The predicted molar refractivity (Wildman–Crippen MR) is 221 cm³/mol. The van der Waals surface area contributed by atoms with Crippen LogP contribution in [-0.4, -0.2) is 36.4 Å². The third-order valence-electron chi connectivity index (χ3n) is 16.3. The maximum atomic E-state index is 7.52. The molecule has 12 rings (SSSR count). The monoisotopic (exact) mass is 731 g/mol. The van der Waals surface area contributed by atoms with Gasteiger partial charge in [-0.15, -0.1) is 0 Å². The van der Waals surface area contributed by atoms with E-state index < -0.39 is 0 Å². The molecule has 4 saturated carbocycles. The van der Waals surface area contributed by atoms with Gasteiger partial charge in [0.15, 0.2) is 0 Å². The van der Waals surface area contributed by atoms with E-state index in [0.29, 0.717) is 60.0 Å². The number of rotatable bonds is 4. The first-order valence-electron chi connectivity index (χ1n) is 22.3. The van der Waals surface area contributed by atoms with Crippen molar-refractivity contribution in [2.24, 2.45) is 23.7 Å². The van der Waals surface area contributed by atoms with Crippen LogP contribution in [0, 0.1) is 23.7 Å². The van der Waals surface area contributed by atoms with Crippen molar-refractivity contribution in [3.8, 4) is 0 Å². The third kappa shape index (κ3) is 5.50. The minimum atomic E-state index is 0.256. The molecule has 4 aliphatic carbocycles. The summed E-state index contributed by atoms with van der Waals surface area (Å²) in [4.78, 5) is 2.96. The zero-order valence-electron chi connectivity index (χ0n) is 32.2. The number of hydrogen-bond donors (Lipinski definition) is 2. The van der Waals surface area contributed by atoms with E-state index >= 15 is 0 Å². The van der Waals surface area contributed by atoms with Gasteiger partial charge in [0.05, 0.1) is 24.4 Å². The summed E-state index contributed by atoms with van der Waals surface area (Å²) in [5.41, 5.74) is 7.99. The molecule has 2 N–H and O–H groups in total. The highest BCUT2D eigenvalue weighted by molar-refractivity contribution is 6.05. The lowest BCUT2D eigenvalue weighted by Gasteiger charge is -2.50. The molecule has 0 amide bonds. The van der Waals surface area contributed by atoms with Crippen LogP contribution in [-0.2, 0) is 4.74 Å². The summed E-state index contributed by atoms with van der Waals surface area (Å²) in [5.74, 6) is 4.03. The van der Waals surface area contributed by atoms with Crippen LogP contribution in [0.25, 0.3) is 21.9 Å². The summed E-state index contributed by atoms with van der Waals surface area (Å²) in [6, 6.07) is 38.5. The smallest absolute Gasteiger partial charge is 0.135 e. The largest absolute Gasteiger partial charge is 0.456 e. The third-order valence-corrected chi connectivity index (χ3v) is 16.3. The van der Waals surface area contributed by atoms with E-state index in [1.807, 2.05) is 0 Å². The van der Waals surface area contributed by atoms with Crippen molar-refractivity contribution in [3.05, 3.63) is 114 Å². The van der Waals surface area contributed by atoms with Crippen molar-refractivity contribution in [2.45, 2.75) is 138 Å². The Morgan fingerprint density at radius 3 is 2.38 bits per heavy atom. The molecule has 0 bridgehead atoms. The van der Waals surface area contributed by atoms with Crippen LogP contribution in [0.1, 0.15) is 118 Å². The molecule has 0 radical (unpaired) electrons. The van der Waals surface area contributed by atoms with E-state index in [4.69, 9.17) is 9.15 Å². The summed E-state index contributed by atoms with van der Waals surface area (Å²) in [5, 5.41) is 10.8. The summed E-state index contributed by atoms with van der Waals surface area (Å²) in [6.45, 7) is 0. The van der Waals surface area contributed by atoms with Crippen LogP contribution in [0.5, 0.6) is 0 Å². The molecule has 1 aromatic heterocycles. The van der Waals surface area contributed by atoms with E-state index in [2.05, 4.69) is 113 Å². The topological polar surface area (TPSA) is 49.7 Å². The lowest BCUT2D eigenvalue weighted by Crippen LogP contribution is -2.62. The number of nitrogens with zero attached hydrogens (tertiary/aromatic N) is 1. The molecule has 7 aliphatic rings. The van der Waals surface area contributed by atoms with Crippen LogP contribution in [0.2, 0.25) is 0 Å². The van der Waals surface area contributed by atoms with Gasteiger partial charge in [-0.05, 0) is 135 Å². The highest BCUT2D eigenvalue weighted by Gasteiger charge is 2.56. The molecule has 5 nitrogen and oxygen atoms in total. The number of para-hydroxylation sites is 2. The first-order chi connectivity index (χ1) is 27.2. The second-order valence-corrected chi connectivity index (χ2v) is 18.8. The summed E-state index contributed by atoms with van der Waals surface area (Å²) < 4.78 is 13.7. The Hall–Kier alpha value is -3.64. The number of hydrogen-bond acceptors (Lipinski definition) is 5. The van der Waals surface area contributed by atoms with Gasteiger partial charge in [-0.3, -0.25) is 10.6 Å². The Morgan fingerprint density at radius 2 is 1.42 bits per heavy atom. The molecule has 13 unspecified atom stereocenters. The van der Waals surface area contributed by atoms with Gasteiger partial charge >= 0.3 is 0 Å². The summed E-state index contributed by atoms with van der Waals surface area (Å²) in [6.07, 6.45) is 18.1. The highest BCUT2D eigenvalue weighted by Crippen LogP contribution is 2.57. The van der Waals surface area contributed by atoms with Gasteiger partial charge in [-0.2, -0.15) is 0 Å². The van der Waals surface area contributed by atoms with E-state index in [0.717, 1.165) is 23.0 Å². The lowest BCUT2D eigenvalue weighted by atomic mass is 9.65. The average Bonchev–Trinajstić information content (AvgIpc) is 3.92. The molecule has 4 aromatic carbocycles. The molecular weight excluding hydrogens is 675 g/mol. The SMILES string of the molecule is c1ccc(C2NC3CCCCC3C(C3CCC4C(C3)OC3C4CCCC3N3c4ccccc4C4CC(c5ccc6oc7ccccc7c6c5)CCC43)N2)cc1. The fourth-order valence-electron chi connectivity index (χ4n) is 13.9. The Balaban J connectivity index is 0.794. The van der Waals surface area contributed by atoms with Crippen molar-refractivity contribution < 1.29 is 9.15 Å². The van der Waals surface area contributed by atoms with Crippen molar-refractivity contribution in [3.63, 3.8) is 0 Å². The van der Waals surface area contributed by atoms with Gasteiger partial charge in [-0.25, -0.2) is 0 Å². The van der Waals surface area contributed by atoms with E-state index in [9.17, 15) is 0 Å². The summed E-state index contributed by atoms with van der Waals surface area (Å²) in [7, 11) is 0. The van der Waals surface area contributed by atoms with Crippen LogP contribution >= 0.6 is 0 Å². The zero-order valence-corrected chi connectivity index (χ0v) is 32.2. The average molecular weight is 732 g/mol. The molecule has 284 valence electrons. The fraction of sp³-hybridized carbons (Fsp3) is 0.520. The van der Waals surface area contributed by atoms with Gasteiger partial charge in [0.25, 0.3) is 0 Å². The van der Waals surface area contributed by atoms with Crippen LogP contribution in [0.4, 0.5) is 5.69 Å². The number of ether oxygens (including phenoxy) is 1. The lowest BCUT2D eigenvalue weighted by molar-refractivity contribution is -0.0287. The number of benzene rings is 4. The van der Waals surface area contributed by atoms with E-state index in [1.165, 1.54) is 111 Å². The van der Waals surface area contributed by atoms with Crippen LogP contribution in [0.3, 0.4) is 0 Å². The van der Waals surface area contributed by atoms with Gasteiger partial charge in [-0.1, -0.05) is 92.1 Å². The van der Waals surface area contributed by atoms with Gasteiger partial charge in [0.1, 0.15) is 11.2 Å². The normalized spacial score (nSPS) is 38.3. The minimum absolute atomic E-state index is 0.256. The molecule has 5 heteroatoms. The van der Waals surface area contributed by atoms with E-state index in [1.54, 1.807) is 5.56 Å². The number of furan rings is 1. The zero-order chi connectivity index (χ0) is 36.0. The fourth-order valence-corrected chi connectivity index (χ4v) is 13.9.